The van der Waals surface area contributed by atoms with Gasteiger partial charge in [0.25, 0.3) is 0 Å². The van der Waals surface area contributed by atoms with E-state index in [1.165, 1.54) is 0 Å². The molecule has 23 heavy (non-hydrogen) atoms. The summed E-state index contributed by atoms with van der Waals surface area (Å²) in [4.78, 5) is 25.0. The molecule has 0 aromatic heterocycles. The van der Waals surface area contributed by atoms with Gasteiger partial charge in [-0.2, -0.15) is 0 Å². The van der Waals surface area contributed by atoms with Gasteiger partial charge in [0, 0.05) is 5.57 Å². The summed E-state index contributed by atoms with van der Waals surface area (Å²) in [5.41, 5.74) is 2.13. The smallest absolute Gasteiger partial charge is 0.346 e. The van der Waals surface area contributed by atoms with Crippen molar-refractivity contribution in [2.24, 2.45) is 17.3 Å². The molecule has 0 saturated heterocycles. The van der Waals surface area contributed by atoms with Crippen molar-refractivity contribution < 1.29 is 19.1 Å². The zero-order chi connectivity index (χ0) is 16.1. The van der Waals surface area contributed by atoms with Gasteiger partial charge in [-0.3, -0.25) is 0 Å². The lowest BCUT2D eigenvalue weighted by Crippen LogP contribution is -2.55. The van der Waals surface area contributed by atoms with E-state index in [1.54, 1.807) is 0 Å². The van der Waals surface area contributed by atoms with Gasteiger partial charge < -0.3 is 9.47 Å². The summed E-state index contributed by atoms with van der Waals surface area (Å²) < 4.78 is 11.4. The SMILES string of the molecule is CC1=CC2=C(C)C3=C(C(=O)OC3=O)C(C3CC3)(C3CC3)[C@]2(C)O1. The highest BCUT2D eigenvalue weighted by Crippen LogP contribution is 2.72. The van der Waals surface area contributed by atoms with E-state index < -0.39 is 23.0 Å². The van der Waals surface area contributed by atoms with Crippen molar-refractivity contribution in [3.05, 3.63) is 34.1 Å². The molecule has 0 bridgehead atoms. The van der Waals surface area contributed by atoms with Crippen molar-refractivity contribution in [1.82, 2.24) is 0 Å². The third kappa shape index (κ3) is 1.35. The number of esters is 2. The Kier molecular flexibility index (Phi) is 2.24. The maximum Gasteiger partial charge on any atom is 0.346 e. The van der Waals surface area contributed by atoms with Gasteiger partial charge in [-0.05, 0) is 69.9 Å². The minimum Gasteiger partial charge on any atom is -0.487 e. The Hall–Kier alpha value is -1.84. The summed E-state index contributed by atoms with van der Waals surface area (Å²) >= 11 is 0. The zero-order valence-electron chi connectivity index (χ0n) is 13.7. The molecule has 2 fully saturated rings. The van der Waals surface area contributed by atoms with E-state index in [9.17, 15) is 9.59 Å². The first-order chi connectivity index (χ1) is 10.9. The summed E-state index contributed by atoms with van der Waals surface area (Å²) in [6, 6.07) is 0. The Bertz CT molecular complexity index is 761. The molecule has 0 unspecified atom stereocenters. The Morgan fingerprint density at radius 3 is 2.22 bits per heavy atom. The summed E-state index contributed by atoms with van der Waals surface area (Å²) in [6.45, 7) is 6.00. The summed E-state index contributed by atoms with van der Waals surface area (Å²) in [7, 11) is 0. The van der Waals surface area contributed by atoms with Crippen LogP contribution in [0.2, 0.25) is 0 Å². The van der Waals surface area contributed by atoms with Gasteiger partial charge in [-0.25, -0.2) is 9.59 Å². The number of rotatable bonds is 2. The first-order valence-electron chi connectivity index (χ1n) is 8.51. The molecule has 120 valence electrons. The van der Waals surface area contributed by atoms with Gasteiger partial charge in [0.2, 0.25) is 0 Å². The molecular weight excluding hydrogens is 292 g/mol. The number of cyclic esters (lactones) is 2. The number of hydrogen-bond acceptors (Lipinski definition) is 4. The number of allylic oxidation sites excluding steroid dienone is 1. The Labute approximate surface area is 135 Å². The van der Waals surface area contributed by atoms with Crippen LogP contribution in [0.25, 0.3) is 0 Å². The predicted molar refractivity (Wildman–Crippen MR) is 82.0 cm³/mol. The second-order valence-corrected chi connectivity index (χ2v) is 7.77. The van der Waals surface area contributed by atoms with Crippen molar-refractivity contribution in [2.45, 2.75) is 52.1 Å². The van der Waals surface area contributed by atoms with E-state index in [-0.39, 0.29) is 0 Å². The Morgan fingerprint density at radius 2 is 1.65 bits per heavy atom. The van der Waals surface area contributed by atoms with Gasteiger partial charge >= 0.3 is 11.9 Å². The van der Waals surface area contributed by atoms with Crippen LogP contribution in [-0.2, 0) is 19.1 Å². The molecule has 2 aliphatic heterocycles. The highest BCUT2D eigenvalue weighted by Gasteiger charge is 2.73. The van der Waals surface area contributed by atoms with Gasteiger partial charge in [0.15, 0.2) is 0 Å². The molecule has 0 aromatic rings. The fourth-order valence-corrected chi connectivity index (χ4v) is 5.60. The van der Waals surface area contributed by atoms with Gasteiger partial charge in [-0.15, -0.1) is 0 Å². The minimum atomic E-state index is -0.550. The van der Waals surface area contributed by atoms with Crippen molar-refractivity contribution in [3.8, 4) is 0 Å². The second kappa shape index (κ2) is 3.80. The van der Waals surface area contributed by atoms with E-state index in [0.29, 0.717) is 23.0 Å². The molecule has 0 spiro atoms. The molecule has 5 rings (SSSR count). The van der Waals surface area contributed by atoms with E-state index in [4.69, 9.17) is 9.47 Å². The number of carbonyl (C=O) groups excluding carboxylic acids is 2. The average molecular weight is 312 g/mol. The summed E-state index contributed by atoms with van der Waals surface area (Å²) in [6.07, 6.45) is 6.44. The molecule has 0 aromatic carbocycles. The highest BCUT2D eigenvalue weighted by atomic mass is 16.6. The van der Waals surface area contributed by atoms with Gasteiger partial charge in [-0.1, -0.05) is 0 Å². The largest absolute Gasteiger partial charge is 0.487 e. The van der Waals surface area contributed by atoms with Crippen LogP contribution in [0, 0.1) is 17.3 Å². The second-order valence-electron chi connectivity index (χ2n) is 7.77. The molecule has 1 atom stereocenters. The number of carbonyl (C=O) groups is 2. The molecule has 0 amide bonds. The molecule has 0 radical (unpaired) electrons. The highest BCUT2D eigenvalue weighted by molar-refractivity contribution is 6.16. The topological polar surface area (TPSA) is 52.6 Å². The molecule has 4 heteroatoms. The lowest BCUT2D eigenvalue weighted by molar-refractivity contribution is -0.152. The predicted octanol–water partition coefficient (Wildman–Crippen LogP) is 3.20. The van der Waals surface area contributed by atoms with E-state index in [0.717, 1.165) is 42.6 Å². The van der Waals surface area contributed by atoms with Crippen LogP contribution < -0.4 is 0 Å². The minimum absolute atomic E-state index is 0.394. The lowest BCUT2D eigenvalue weighted by atomic mass is 9.54. The van der Waals surface area contributed by atoms with Crippen molar-refractivity contribution in [1.29, 1.82) is 0 Å². The fourth-order valence-electron chi connectivity index (χ4n) is 5.60. The fraction of sp³-hybridized carbons (Fsp3) is 0.579. The Morgan fingerprint density at radius 1 is 1.04 bits per heavy atom. The molecular formula is C19H20O4. The van der Waals surface area contributed by atoms with Gasteiger partial charge in [0.05, 0.1) is 22.3 Å². The molecule has 2 saturated carbocycles. The van der Waals surface area contributed by atoms with E-state index >= 15 is 0 Å². The molecule has 0 N–H and O–H groups in total. The monoisotopic (exact) mass is 312 g/mol. The van der Waals surface area contributed by atoms with E-state index in [2.05, 4.69) is 13.0 Å². The molecule has 2 heterocycles. The zero-order valence-corrected chi connectivity index (χ0v) is 13.7. The van der Waals surface area contributed by atoms with Crippen molar-refractivity contribution >= 4 is 11.9 Å². The third-order valence-electron chi connectivity index (χ3n) is 6.49. The molecule has 4 nitrogen and oxygen atoms in total. The average Bonchev–Trinajstić information content (AvgIpc) is 3.36. The number of ether oxygens (including phenoxy) is 2. The number of hydrogen-bond donors (Lipinski definition) is 0. The van der Waals surface area contributed by atoms with Crippen LogP contribution in [0.1, 0.15) is 46.5 Å². The molecule has 5 aliphatic rings. The summed E-state index contributed by atoms with van der Waals surface area (Å²) in [5, 5.41) is 0. The van der Waals surface area contributed by atoms with Crippen LogP contribution in [0.5, 0.6) is 0 Å². The van der Waals surface area contributed by atoms with Crippen molar-refractivity contribution in [3.63, 3.8) is 0 Å². The first kappa shape index (κ1) is 13.6. The standard InChI is InChI=1S/C19H20O4/c1-9-8-13-10(2)14-15(17(21)22-16(14)20)19(11-4-5-11,12-6-7-12)18(13,3)23-9/h8,11-12H,4-7H2,1-3H3/t18-/m1/s1. The van der Waals surface area contributed by atoms with E-state index in [1.807, 2.05) is 13.8 Å². The maximum absolute atomic E-state index is 12.7. The maximum atomic E-state index is 12.7. The van der Waals surface area contributed by atoms with Crippen LogP contribution in [0.15, 0.2) is 34.1 Å². The molecule has 3 aliphatic carbocycles. The van der Waals surface area contributed by atoms with Crippen LogP contribution in [-0.4, -0.2) is 17.5 Å². The van der Waals surface area contributed by atoms with Crippen LogP contribution in [0.3, 0.4) is 0 Å². The summed E-state index contributed by atoms with van der Waals surface area (Å²) in [5.74, 6) is 0.781. The lowest BCUT2D eigenvalue weighted by Gasteiger charge is -2.50. The van der Waals surface area contributed by atoms with Crippen LogP contribution >= 0.6 is 0 Å². The van der Waals surface area contributed by atoms with Gasteiger partial charge in [0.1, 0.15) is 5.60 Å². The van der Waals surface area contributed by atoms with Crippen molar-refractivity contribution in [2.75, 3.05) is 0 Å². The first-order valence-corrected chi connectivity index (χ1v) is 8.51. The Balaban J connectivity index is 1.88. The quantitative estimate of drug-likeness (QED) is 0.580. The third-order valence-corrected chi connectivity index (χ3v) is 6.49. The number of fused-ring (bicyclic) bond motifs is 1. The normalized spacial score (nSPS) is 35.0. The van der Waals surface area contributed by atoms with Crippen LogP contribution in [0.4, 0.5) is 0 Å².